The molecule has 0 radical (unpaired) electrons. The van der Waals surface area contributed by atoms with Gasteiger partial charge in [0, 0.05) is 6.54 Å². The SMILES string of the molecule is CCOC(=O)CN(CC(=O)Nc1c(C)cc(C)cc1Cl)Cc1ccccc1. The third-order valence-corrected chi connectivity index (χ3v) is 4.27. The summed E-state index contributed by atoms with van der Waals surface area (Å²) in [6.07, 6.45) is 0. The van der Waals surface area contributed by atoms with E-state index in [0.717, 1.165) is 16.7 Å². The average molecular weight is 389 g/mol. The van der Waals surface area contributed by atoms with Crippen LogP contribution in [-0.4, -0.2) is 36.5 Å². The molecule has 27 heavy (non-hydrogen) atoms. The lowest BCUT2D eigenvalue weighted by molar-refractivity contribution is -0.144. The highest BCUT2D eigenvalue weighted by Crippen LogP contribution is 2.27. The molecule has 0 aliphatic heterocycles. The van der Waals surface area contributed by atoms with E-state index in [4.69, 9.17) is 16.3 Å². The number of amides is 1. The molecular formula is C21H25ClN2O3. The summed E-state index contributed by atoms with van der Waals surface area (Å²) in [4.78, 5) is 26.2. The Hall–Kier alpha value is -2.37. The fourth-order valence-electron chi connectivity index (χ4n) is 2.85. The Bertz CT molecular complexity index is 770. The van der Waals surface area contributed by atoms with Gasteiger partial charge in [-0.15, -0.1) is 0 Å². The normalized spacial score (nSPS) is 10.7. The monoisotopic (exact) mass is 388 g/mol. The second kappa shape index (κ2) is 10.1. The van der Waals surface area contributed by atoms with Crippen LogP contribution in [0.4, 0.5) is 5.69 Å². The third kappa shape index (κ3) is 6.70. The van der Waals surface area contributed by atoms with Gasteiger partial charge < -0.3 is 10.1 Å². The number of ether oxygens (including phenoxy) is 1. The van der Waals surface area contributed by atoms with E-state index < -0.39 is 0 Å². The Kier molecular flexibility index (Phi) is 7.82. The zero-order chi connectivity index (χ0) is 19.8. The highest BCUT2D eigenvalue weighted by Gasteiger charge is 2.17. The molecule has 6 heteroatoms. The van der Waals surface area contributed by atoms with Crippen LogP contribution in [0, 0.1) is 13.8 Å². The minimum atomic E-state index is -0.356. The number of benzene rings is 2. The largest absolute Gasteiger partial charge is 0.465 e. The van der Waals surface area contributed by atoms with Crippen LogP contribution in [0.15, 0.2) is 42.5 Å². The molecule has 144 valence electrons. The summed E-state index contributed by atoms with van der Waals surface area (Å²) in [5.74, 6) is -0.588. The van der Waals surface area contributed by atoms with Crippen LogP contribution >= 0.6 is 11.6 Å². The molecule has 0 unspecified atom stereocenters. The standard InChI is InChI=1S/C21H25ClN2O3/c1-4-27-20(26)14-24(12-17-8-6-5-7-9-17)13-19(25)23-21-16(3)10-15(2)11-18(21)22/h5-11H,4,12-14H2,1-3H3,(H,23,25). The van der Waals surface area contributed by atoms with Crippen molar-refractivity contribution in [3.8, 4) is 0 Å². The third-order valence-electron chi connectivity index (χ3n) is 3.97. The number of esters is 1. The number of nitrogens with one attached hydrogen (secondary N) is 1. The second-order valence-electron chi connectivity index (χ2n) is 6.42. The van der Waals surface area contributed by atoms with Gasteiger partial charge in [0.15, 0.2) is 0 Å². The minimum absolute atomic E-state index is 0.0385. The van der Waals surface area contributed by atoms with Crippen molar-refractivity contribution < 1.29 is 14.3 Å². The van der Waals surface area contributed by atoms with Crippen LogP contribution < -0.4 is 5.32 Å². The van der Waals surface area contributed by atoms with Crippen LogP contribution in [0.5, 0.6) is 0 Å². The van der Waals surface area contributed by atoms with Crippen molar-refractivity contribution in [3.05, 3.63) is 64.2 Å². The summed E-state index contributed by atoms with van der Waals surface area (Å²) >= 11 is 6.27. The maximum Gasteiger partial charge on any atom is 0.320 e. The van der Waals surface area contributed by atoms with E-state index in [9.17, 15) is 9.59 Å². The zero-order valence-electron chi connectivity index (χ0n) is 15.9. The molecule has 0 heterocycles. The molecule has 0 spiro atoms. The van der Waals surface area contributed by atoms with E-state index in [-0.39, 0.29) is 25.0 Å². The number of nitrogens with zero attached hydrogens (tertiary/aromatic N) is 1. The predicted molar refractivity (Wildman–Crippen MR) is 108 cm³/mol. The number of aryl methyl sites for hydroxylation is 2. The molecule has 0 saturated carbocycles. The first-order valence-electron chi connectivity index (χ1n) is 8.87. The highest BCUT2D eigenvalue weighted by molar-refractivity contribution is 6.34. The fraction of sp³-hybridized carbons (Fsp3) is 0.333. The quantitative estimate of drug-likeness (QED) is 0.695. The van der Waals surface area contributed by atoms with E-state index >= 15 is 0 Å². The molecule has 2 rings (SSSR count). The molecular weight excluding hydrogens is 364 g/mol. The van der Waals surface area contributed by atoms with Crippen LogP contribution in [0.2, 0.25) is 5.02 Å². The Morgan fingerprint density at radius 3 is 2.44 bits per heavy atom. The van der Waals surface area contributed by atoms with Crippen molar-refractivity contribution in [1.82, 2.24) is 4.90 Å². The molecule has 0 atom stereocenters. The van der Waals surface area contributed by atoms with E-state index in [1.807, 2.05) is 56.3 Å². The summed E-state index contributed by atoms with van der Waals surface area (Å²) in [6, 6.07) is 13.5. The average Bonchev–Trinajstić information content (AvgIpc) is 2.59. The van der Waals surface area contributed by atoms with Gasteiger partial charge in [-0.3, -0.25) is 14.5 Å². The second-order valence-corrected chi connectivity index (χ2v) is 6.83. The summed E-state index contributed by atoms with van der Waals surface area (Å²) in [5, 5.41) is 3.36. The number of rotatable bonds is 8. The molecule has 0 aliphatic rings. The summed E-state index contributed by atoms with van der Waals surface area (Å²) in [6.45, 7) is 6.47. The number of hydrogen-bond acceptors (Lipinski definition) is 4. The first-order chi connectivity index (χ1) is 12.9. The van der Waals surface area contributed by atoms with Gasteiger partial charge in [0.25, 0.3) is 0 Å². The van der Waals surface area contributed by atoms with Gasteiger partial charge in [-0.2, -0.15) is 0 Å². The van der Waals surface area contributed by atoms with E-state index in [0.29, 0.717) is 23.9 Å². The number of anilines is 1. The van der Waals surface area contributed by atoms with Gasteiger partial charge in [-0.25, -0.2) is 0 Å². The van der Waals surface area contributed by atoms with Gasteiger partial charge in [0.05, 0.1) is 30.4 Å². The fourth-order valence-corrected chi connectivity index (χ4v) is 3.22. The Labute approximate surface area is 165 Å². The molecule has 1 N–H and O–H groups in total. The number of carbonyl (C=O) groups excluding carboxylic acids is 2. The molecule has 5 nitrogen and oxygen atoms in total. The molecule has 0 saturated heterocycles. The Morgan fingerprint density at radius 1 is 1.11 bits per heavy atom. The van der Waals surface area contributed by atoms with Crippen molar-refractivity contribution in [1.29, 1.82) is 0 Å². The number of halogens is 1. The van der Waals surface area contributed by atoms with Crippen molar-refractivity contribution in [3.63, 3.8) is 0 Å². The van der Waals surface area contributed by atoms with Gasteiger partial charge >= 0.3 is 5.97 Å². The molecule has 0 aliphatic carbocycles. The molecule has 2 aromatic carbocycles. The summed E-state index contributed by atoms with van der Waals surface area (Å²) < 4.78 is 5.03. The zero-order valence-corrected chi connectivity index (χ0v) is 16.7. The summed E-state index contributed by atoms with van der Waals surface area (Å²) in [7, 11) is 0. The first kappa shape index (κ1) is 20.9. The minimum Gasteiger partial charge on any atom is -0.465 e. The van der Waals surface area contributed by atoms with E-state index in [1.54, 1.807) is 11.8 Å². The molecule has 2 aromatic rings. The van der Waals surface area contributed by atoms with Gasteiger partial charge in [-0.1, -0.05) is 48.0 Å². The maximum atomic E-state index is 12.6. The number of hydrogen-bond donors (Lipinski definition) is 1. The van der Waals surface area contributed by atoms with Crippen molar-refractivity contribution in [2.24, 2.45) is 0 Å². The molecule has 0 fully saturated rings. The summed E-state index contributed by atoms with van der Waals surface area (Å²) in [5.41, 5.74) is 3.54. The molecule has 0 aromatic heterocycles. The van der Waals surface area contributed by atoms with Crippen LogP contribution in [0.1, 0.15) is 23.6 Å². The van der Waals surface area contributed by atoms with Crippen LogP contribution in [0.25, 0.3) is 0 Å². The Morgan fingerprint density at radius 2 is 1.81 bits per heavy atom. The molecule has 1 amide bonds. The van der Waals surface area contributed by atoms with E-state index in [1.165, 1.54) is 0 Å². The molecule has 0 bridgehead atoms. The smallest absolute Gasteiger partial charge is 0.320 e. The van der Waals surface area contributed by atoms with Crippen molar-refractivity contribution in [2.45, 2.75) is 27.3 Å². The van der Waals surface area contributed by atoms with E-state index in [2.05, 4.69) is 5.32 Å². The lowest BCUT2D eigenvalue weighted by Gasteiger charge is -2.21. The number of carbonyl (C=O) groups is 2. The van der Waals surface area contributed by atoms with Gasteiger partial charge in [0.2, 0.25) is 5.91 Å². The lowest BCUT2D eigenvalue weighted by atomic mass is 10.1. The van der Waals surface area contributed by atoms with Gasteiger partial charge in [-0.05, 0) is 43.5 Å². The first-order valence-corrected chi connectivity index (χ1v) is 9.25. The Balaban J connectivity index is 2.09. The van der Waals surface area contributed by atoms with Crippen LogP contribution in [0.3, 0.4) is 0 Å². The van der Waals surface area contributed by atoms with Crippen molar-refractivity contribution >= 4 is 29.2 Å². The maximum absolute atomic E-state index is 12.6. The van der Waals surface area contributed by atoms with Gasteiger partial charge in [0.1, 0.15) is 0 Å². The lowest BCUT2D eigenvalue weighted by Crippen LogP contribution is -2.37. The topological polar surface area (TPSA) is 58.6 Å². The van der Waals surface area contributed by atoms with Crippen LogP contribution in [-0.2, 0) is 20.9 Å². The highest BCUT2D eigenvalue weighted by atomic mass is 35.5. The predicted octanol–water partition coefficient (Wildman–Crippen LogP) is 3.96. The van der Waals surface area contributed by atoms with Crippen molar-refractivity contribution in [2.75, 3.05) is 25.0 Å².